The van der Waals surface area contributed by atoms with Gasteiger partial charge in [-0.3, -0.25) is 0 Å². The van der Waals surface area contributed by atoms with Crippen LogP contribution in [0, 0.1) is 0 Å². The fourth-order valence-corrected chi connectivity index (χ4v) is 9.74. The molecule has 274 valence electrons. The van der Waals surface area contributed by atoms with E-state index < -0.39 is 0 Å². The quantitative estimate of drug-likeness (QED) is 0.160. The number of hydrogen-bond donors (Lipinski definition) is 0. The third-order valence-electron chi connectivity index (χ3n) is 12.3. The van der Waals surface area contributed by atoms with Gasteiger partial charge in [0.25, 0.3) is 0 Å². The van der Waals surface area contributed by atoms with Crippen LogP contribution in [0.1, 0.15) is 0 Å². The van der Waals surface area contributed by atoms with Gasteiger partial charge in [0.15, 0.2) is 0 Å². The van der Waals surface area contributed by atoms with E-state index in [4.69, 9.17) is 4.42 Å². The van der Waals surface area contributed by atoms with E-state index >= 15 is 0 Å². The largest absolute Gasteiger partial charge is 0.456 e. The summed E-state index contributed by atoms with van der Waals surface area (Å²) in [4.78, 5) is 0. The molecule has 1 heterocycles. The van der Waals surface area contributed by atoms with Gasteiger partial charge >= 0.3 is 0 Å². The van der Waals surface area contributed by atoms with Crippen LogP contribution in [-0.2, 0) is 0 Å². The van der Waals surface area contributed by atoms with Crippen LogP contribution in [0.4, 0.5) is 0 Å². The summed E-state index contributed by atoms with van der Waals surface area (Å²) in [5.41, 5.74) is 14.0. The molecule has 12 aromatic rings. The molecule has 0 bridgehead atoms. The lowest BCUT2D eigenvalue weighted by molar-refractivity contribution is 0.669. The van der Waals surface area contributed by atoms with Gasteiger partial charge in [-0.05, 0) is 117 Å². The van der Waals surface area contributed by atoms with Crippen LogP contribution in [0.3, 0.4) is 0 Å². The Morgan fingerprint density at radius 3 is 1.10 bits per heavy atom. The minimum Gasteiger partial charge on any atom is -0.456 e. The number of fused-ring (bicyclic) bond motifs is 7. The van der Waals surface area contributed by atoms with Crippen molar-refractivity contribution < 1.29 is 4.42 Å². The fourth-order valence-electron chi connectivity index (χ4n) is 9.74. The second-order valence-corrected chi connectivity index (χ2v) is 15.5. The molecule has 0 saturated carbocycles. The smallest absolute Gasteiger partial charge is 0.136 e. The summed E-state index contributed by atoms with van der Waals surface area (Å²) in [6.45, 7) is 0. The average molecular weight is 749 g/mol. The molecule has 59 heavy (non-hydrogen) atoms. The normalized spacial score (nSPS) is 11.7. The maximum atomic E-state index is 6.72. The number of hydrogen-bond acceptors (Lipinski definition) is 1. The van der Waals surface area contributed by atoms with Crippen LogP contribution >= 0.6 is 0 Å². The molecule has 0 fully saturated rings. The first-order valence-electron chi connectivity index (χ1n) is 20.3. The van der Waals surface area contributed by atoms with Crippen molar-refractivity contribution in [3.05, 3.63) is 218 Å². The first-order chi connectivity index (χ1) is 29.3. The van der Waals surface area contributed by atoms with Crippen molar-refractivity contribution in [1.29, 1.82) is 0 Å². The molecule has 0 amide bonds. The molecule has 0 aliphatic heterocycles. The molecule has 1 aromatic heterocycles. The Bertz CT molecular complexity index is 3460. The van der Waals surface area contributed by atoms with Crippen LogP contribution in [0.5, 0.6) is 0 Å². The van der Waals surface area contributed by atoms with E-state index in [2.05, 4.69) is 218 Å². The highest BCUT2D eigenvalue weighted by molar-refractivity contribution is 6.27. The highest BCUT2D eigenvalue weighted by atomic mass is 16.3. The van der Waals surface area contributed by atoms with Crippen LogP contribution in [-0.4, -0.2) is 0 Å². The Hall–Kier alpha value is -7.74. The Balaban J connectivity index is 1.11. The standard InChI is InChI=1S/C58H36O/c1-3-16-37(17-4-1)38-30-32-40(33-31-38)55-46-24-11-13-26-48(46)57(49-27-14-12-25-47(49)55)50-28-15-29-53-58(50)51-36-41(34-35-52(51)59-53)56-44-22-9-7-20-42(44)54(39-18-5-2-6-19-39)43-21-8-10-23-45(43)56/h1-36H. The molecule has 0 aliphatic rings. The maximum absolute atomic E-state index is 6.72. The summed E-state index contributed by atoms with van der Waals surface area (Å²) < 4.78 is 6.72. The van der Waals surface area contributed by atoms with Crippen molar-refractivity contribution >= 4 is 65.0 Å². The van der Waals surface area contributed by atoms with E-state index in [0.717, 1.165) is 21.9 Å². The molecule has 12 rings (SSSR count). The van der Waals surface area contributed by atoms with E-state index in [-0.39, 0.29) is 0 Å². The summed E-state index contributed by atoms with van der Waals surface area (Å²) in [5, 5.41) is 12.1. The number of rotatable bonds is 5. The van der Waals surface area contributed by atoms with E-state index in [1.807, 2.05) is 0 Å². The van der Waals surface area contributed by atoms with Crippen molar-refractivity contribution in [3.8, 4) is 55.6 Å². The molecule has 11 aromatic carbocycles. The van der Waals surface area contributed by atoms with Crippen molar-refractivity contribution in [2.75, 3.05) is 0 Å². The van der Waals surface area contributed by atoms with Gasteiger partial charge < -0.3 is 4.42 Å². The van der Waals surface area contributed by atoms with Crippen molar-refractivity contribution in [3.63, 3.8) is 0 Å². The van der Waals surface area contributed by atoms with E-state index in [1.165, 1.54) is 98.7 Å². The summed E-state index contributed by atoms with van der Waals surface area (Å²) in [5.74, 6) is 0. The minimum atomic E-state index is 0.884. The Morgan fingerprint density at radius 1 is 0.220 bits per heavy atom. The predicted octanol–water partition coefficient (Wildman–Crippen LogP) is 16.5. The summed E-state index contributed by atoms with van der Waals surface area (Å²) >= 11 is 0. The molecule has 0 aliphatic carbocycles. The lowest BCUT2D eigenvalue weighted by atomic mass is 9.84. The molecule has 0 saturated heterocycles. The van der Waals surface area contributed by atoms with E-state index in [0.29, 0.717) is 0 Å². The number of furan rings is 1. The molecule has 0 atom stereocenters. The van der Waals surface area contributed by atoms with Crippen LogP contribution in [0.15, 0.2) is 223 Å². The van der Waals surface area contributed by atoms with Crippen molar-refractivity contribution in [1.82, 2.24) is 0 Å². The zero-order valence-electron chi connectivity index (χ0n) is 32.2. The predicted molar refractivity (Wildman–Crippen MR) is 251 cm³/mol. The zero-order chi connectivity index (χ0) is 38.9. The van der Waals surface area contributed by atoms with Crippen LogP contribution in [0.2, 0.25) is 0 Å². The molecule has 0 unspecified atom stereocenters. The van der Waals surface area contributed by atoms with Crippen molar-refractivity contribution in [2.24, 2.45) is 0 Å². The lowest BCUT2D eigenvalue weighted by Gasteiger charge is -2.19. The molecular formula is C58H36O. The van der Waals surface area contributed by atoms with E-state index in [9.17, 15) is 0 Å². The second kappa shape index (κ2) is 13.4. The van der Waals surface area contributed by atoms with Gasteiger partial charge in [-0.2, -0.15) is 0 Å². The molecule has 1 nitrogen and oxygen atoms in total. The van der Waals surface area contributed by atoms with Gasteiger partial charge in [0.2, 0.25) is 0 Å². The Kier molecular flexibility index (Phi) is 7.61. The van der Waals surface area contributed by atoms with Gasteiger partial charge in [-0.15, -0.1) is 0 Å². The zero-order valence-corrected chi connectivity index (χ0v) is 32.2. The monoisotopic (exact) mass is 748 g/mol. The third kappa shape index (κ3) is 5.25. The molecule has 0 spiro atoms. The minimum absolute atomic E-state index is 0.884. The van der Waals surface area contributed by atoms with Crippen molar-refractivity contribution in [2.45, 2.75) is 0 Å². The molecule has 1 heteroatoms. The summed E-state index contributed by atoms with van der Waals surface area (Å²) in [7, 11) is 0. The highest BCUT2D eigenvalue weighted by Crippen LogP contribution is 2.49. The Morgan fingerprint density at radius 2 is 0.593 bits per heavy atom. The average Bonchev–Trinajstić information content (AvgIpc) is 3.69. The first kappa shape index (κ1) is 33.4. The summed E-state index contributed by atoms with van der Waals surface area (Å²) in [6.07, 6.45) is 0. The SMILES string of the molecule is c1ccc(-c2ccc(-c3c4ccccc4c(-c4cccc5oc6ccc(-c7c8ccccc8c(-c8ccccc8)c8ccccc78)cc6c45)c4ccccc34)cc2)cc1. The second-order valence-electron chi connectivity index (χ2n) is 15.5. The first-order valence-corrected chi connectivity index (χ1v) is 20.3. The third-order valence-corrected chi connectivity index (χ3v) is 12.3. The maximum Gasteiger partial charge on any atom is 0.136 e. The van der Waals surface area contributed by atoms with Crippen LogP contribution in [0.25, 0.3) is 121 Å². The lowest BCUT2D eigenvalue weighted by Crippen LogP contribution is -1.92. The topological polar surface area (TPSA) is 13.1 Å². The molecular weight excluding hydrogens is 713 g/mol. The van der Waals surface area contributed by atoms with Gasteiger partial charge in [0.05, 0.1) is 0 Å². The van der Waals surface area contributed by atoms with Gasteiger partial charge in [0.1, 0.15) is 11.2 Å². The Labute approximate surface area is 342 Å². The molecule has 0 radical (unpaired) electrons. The summed E-state index contributed by atoms with van der Waals surface area (Å²) in [6, 6.07) is 79.4. The van der Waals surface area contributed by atoms with Crippen LogP contribution < -0.4 is 0 Å². The van der Waals surface area contributed by atoms with E-state index in [1.54, 1.807) is 0 Å². The van der Waals surface area contributed by atoms with Gasteiger partial charge in [-0.25, -0.2) is 0 Å². The van der Waals surface area contributed by atoms with Gasteiger partial charge in [-0.1, -0.05) is 200 Å². The molecule has 0 N–H and O–H groups in total. The number of benzene rings is 11. The van der Waals surface area contributed by atoms with Gasteiger partial charge in [0, 0.05) is 10.8 Å². The fraction of sp³-hybridized carbons (Fsp3) is 0. The highest BCUT2D eigenvalue weighted by Gasteiger charge is 2.22.